The summed E-state index contributed by atoms with van der Waals surface area (Å²) in [5.74, 6) is -0.133. The summed E-state index contributed by atoms with van der Waals surface area (Å²) in [6.45, 7) is -0.985. The standard InChI is InChI=1S/C16H21FN4O10P2/c17-12-13(31-33(26,27)28)11(7-29-32(23,24)25)30-15(12)21-6-9(14(19)20-16(21)22)5-8-1-3-10(18)4-2-8/h1-4,6,11-13,15H,5,7,18H2,(H2,19,20,22)(H2,23,24,25)(H2,26,27,28)/t11-,12+,13-,15-/m1/s1. The van der Waals surface area contributed by atoms with Crippen LogP contribution in [0.1, 0.15) is 17.4 Å². The van der Waals surface area contributed by atoms with Gasteiger partial charge in [0, 0.05) is 23.9 Å². The summed E-state index contributed by atoms with van der Waals surface area (Å²) in [5, 5.41) is 0. The molecule has 1 aliphatic heterocycles. The molecule has 1 aliphatic rings. The van der Waals surface area contributed by atoms with Gasteiger partial charge in [0.05, 0.1) is 6.61 Å². The van der Waals surface area contributed by atoms with E-state index < -0.39 is 52.5 Å². The lowest BCUT2D eigenvalue weighted by Gasteiger charge is -2.19. The van der Waals surface area contributed by atoms with Crippen molar-refractivity contribution in [3.05, 3.63) is 52.1 Å². The monoisotopic (exact) mass is 510 g/mol. The minimum atomic E-state index is -5.25. The van der Waals surface area contributed by atoms with E-state index in [1.54, 1.807) is 24.3 Å². The Bertz CT molecular complexity index is 1150. The maximum Gasteiger partial charge on any atom is 0.470 e. The number of phosphoric ester groups is 2. The summed E-state index contributed by atoms with van der Waals surface area (Å²) in [7, 11) is -10.3. The highest BCUT2D eigenvalue weighted by Gasteiger charge is 2.50. The second kappa shape index (κ2) is 9.58. The number of alkyl halides is 1. The Labute approximate surface area is 185 Å². The molecule has 0 radical (unpaired) electrons. The molecule has 2 heterocycles. The largest absolute Gasteiger partial charge is 0.470 e. The summed E-state index contributed by atoms with van der Waals surface area (Å²) in [6, 6.07) is 6.69. The fraction of sp³-hybridized carbons (Fsp3) is 0.375. The molecule has 1 fully saturated rings. The van der Waals surface area contributed by atoms with Crippen molar-refractivity contribution in [1.82, 2.24) is 9.55 Å². The minimum Gasteiger partial charge on any atom is -0.399 e. The first kappa shape index (κ1) is 25.4. The molecule has 0 aliphatic carbocycles. The van der Waals surface area contributed by atoms with Gasteiger partial charge in [0.25, 0.3) is 0 Å². The number of aromatic nitrogens is 2. The quantitative estimate of drug-likeness (QED) is 0.200. The van der Waals surface area contributed by atoms with E-state index in [9.17, 15) is 13.9 Å². The number of hydrogen-bond donors (Lipinski definition) is 6. The Morgan fingerprint density at radius 2 is 1.76 bits per heavy atom. The van der Waals surface area contributed by atoms with Gasteiger partial charge in [0.15, 0.2) is 12.4 Å². The average molecular weight is 510 g/mol. The molecule has 33 heavy (non-hydrogen) atoms. The Kier molecular flexibility index (Phi) is 7.39. The van der Waals surface area contributed by atoms with E-state index in [4.69, 9.17) is 35.8 Å². The average Bonchev–Trinajstić information content (AvgIpc) is 2.98. The fourth-order valence-corrected chi connectivity index (χ4v) is 4.11. The van der Waals surface area contributed by atoms with Gasteiger partial charge in [0.1, 0.15) is 18.0 Å². The zero-order valence-electron chi connectivity index (χ0n) is 16.7. The minimum absolute atomic E-state index is 0.133. The van der Waals surface area contributed by atoms with Gasteiger partial charge in [-0.25, -0.2) is 18.3 Å². The number of hydrogen-bond acceptors (Lipinski definition) is 9. The summed E-state index contributed by atoms with van der Waals surface area (Å²) < 4.78 is 52.1. The van der Waals surface area contributed by atoms with Crippen molar-refractivity contribution in [3.63, 3.8) is 0 Å². The Balaban J connectivity index is 1.93. The number of phosphoric acid groups is 2. The smallest absolute Gasteiger partial charge is 0.399 e. The van der Waals surface area contributed by atoms with E-state index in [0.717, 1.165) is 5.56 Å². The normalized spacial score (nSPS) is 23.7. The molecule has 0 bridgehead atoms. The molecule has 0 spiro atoms. The Morgan fingerprint density at radius 3 is 2.33 bits per heavy atom. The highest BCUT2D eigenvalue weighted by Crippen LogP contribution is 2.46. The van der Waals surface area contributed by atoms with Gasteiger partial charge >= 0.3 is 21.3 Å². The lowest BCUT2D eigenvalue weighted by atomic mass is 10.1. The van der Waals surface area contributed by atoms with Crippen molar-refractivity contribution in [3.8, 4) is 0 Å². The maximum absolute atomic E-state index is 15.1. The van der Waals surface area contributed by atoms with Crippen LogP contribution in [-0.4, -0.2) is 54.1 Å². The number of nitrogen functional groups attached to an aromatic ring is 2. The van der Waals surface area contributed by atoms with Crippen LogP contribution in [0.3, 0.4) is 0 Å². The molecule has 1 saturated heterocycles. The van der Waals surface area contributed by atoms with Crippen LogP contribution in [0.25, 0.3) is 0 Å². The highest BCUT2D eigenvalue weighted by molar-refractivity contribution is 7.46. The number of ether oxygens (including phenoxy) is 1. The molecule has 0 amide bonds. The molecule has 0 unspecified atom stereocenters. The molecule has 0 saturated carbocycles. The van der Waals surface area contributed by atoms with E-state index in [2.05, 4.69) is 14.0 Å². The molecule has 4 atom stereocenters. The van der Waals surface area contributed by atoms with Crippen LogP contribution in [0, 0.1) is 0 Å². The van der Waals surface area contributed by atoms with Crippen molar-refractivity contribution in [2.75, 3.05) is 18.1 Å². The van der Waals surface area contributed by atoms with Gasteiger partial charge in [-0.2, -0.15) is 4.98 Å². The van der Waals surface area contributed by atoms with E-state index in [1.807, 2.05) is 0 Å². The first-order chi connectivity index (χ1) is 15.2. The van der Waals surface area contributed by atoms with E-state index in [0.29, 0.717) is 15.8 Å². The van der Waals surface area contributed by atoms with Gasteiger partial charge < -0.3 is 35.8 Å². The lowest BCUT2D eigenvalue weighted by Crippen LogP contribution is -2.35. The number of nitrogens with two attached hydrogens (primary N) is 2. The zero-order chi connectivity index (χ0) is 24.6. The van der Waals surface area contributed by atoms with Crippen LogP contribution in [0.5, 0.6) is 0 Å². The summed E-state index contributed by atoms with van der Waals surface area (Å²) >= 11 is 0. The summed E-state index contributed by atoms with van der Waals surface area (Å²) in [4.78, 5) is 51.9. The summed E-state index contributed by atoms with van der Waals surface area (Å²) in [6.07, 6.45) is -6.52. The number of nitrogens with zero attached hydrogens (tertiary/aromatic N) is 2. The molecule has 1 aromatic heterocycles. The molecule has 2 aromatic rings. The zero-order valence-corrected chi connectivity index (χ0v) is 18.5. The third-order valence-electron chi connectivity index (χ3n) is 4.64. The lowest BCUT2D eigenvalue weighted by molar-refractivity contribution is -0.0479. The molecular weight excluding hydrogens is 489 g/mol. The Morgan fingerprint density at radius 1 is 1.12 bits per heavy atom. The molecule has 17 heteroatoms. The van der Waals surface area contributed by atoms with Crippen molar-refractivity contribution < 1.29 is 46.9 Å². The van der Waals surface area contributed by atoms with Crippen LogP contribution in [0.2, 0.25) is 0 Å². The molecule has 14 nitrogen and oxygen atoms in total. The highest BCUT2D eigenvalue weighted by atomic mass is 31.2. The predicted octanol–water partition coefficient (Wildman–Crippen LogP) is -0.179. The van der Waals surface area contributed by atoms with Gasteiger partial charge in [0.2, 0.25) is 0 Å². The van der Waals surface area contributed by atoms with E-state index in [-0.39, 0.29) is 12.2 Å². The van der Waals surface area contributed by atoms with Crippen LogP contribution >= 0.6 is 15.6 Å². The van der Waals surface area contributed by atoms with E-state index >= 15 is 4.39 Å². The van der Waals surface area contributed by atoms with Crippen LogP contribution in [0.4, 0.5) is 15.9 Å². The molecule has 3 rings (SSSR count). The van der Waals surface area contributed by atoms with Crippen molar-refractivity contribution in [1.29, 1.82) is 0 Å². The van der Waals surface area contributed by atoms with Crippen molar-refractivity contribution in [2.24, 2.45) is 0 Å². The van der Waals surface area contributed by atoms with Gasteiger partial charge in [-0.3, -0.25) is 13.6 Å². The number of anilines is 2. The predicted molar refractivity (Wildman–Crippen MR) is 110 cm³/mol. The third kappa shape index (κ3) is 6.67. The van der Waals surface area contributed by atoms with E-state index in [1.165, 1.54) is 6.20 Å². The first-order valence-corrected chi connectivity index (χ1v) is 12.2. The second-order valence-corrected chi connectivity index (χ2v) is 9.55. The topological polar surface area (TPSA) is 230 Å². The van der Waals surface area contributed by atoms with Gasteiger partial charge in [-0.15, -0.1) is 0 Å². The molecule has 8 N–H and O–H groups in total. The SMILES string of the molecule is Nc1ccc(Cc2cn([C@@H]3O[C@H](COP(=O)(O)O)[C@@H](OP(=O)(O)O)[C@@H]3F)c(=O)nc2N)cc1. The first-order valence-electron chi connectivity index (χ1n) is 9.19. The van der Waals surface area contributed by atoms with Crippen LogP contribution in [0.15, 0.2) is 35.3 Å². The maximum atomic E-state index is 15.1. The van der Waals surface area contributed by atoms with Gasteiger partial charge in [-0.1, -0.05) is 12.1 Å². The van der Waals surface area contributed by atoms with Crippen molar-refractivity contribution >= 4 is 27.2 Å². The number of rotatable bonds is 8. The molecule has 182 valence electrons. The molecule has 1 aromatic carbocycles. The van der Waals surface area contributed by atoms with Gasteiger partial charge in [-0.05, 0) is 17.7 Å². The van der Waals surface area contributed by atoms with Crippen LogP contribution < -0.4 is 17.2 Å². The fourth-order valence-electron chi connectivity index (χ4n) is 3.20. The number of benzene rings is 1. The van der Waals surface area contributed by atoms with Crippen LogP contribution in [-0.2, 0) is 29.3 Å². The molecular formula is C16H21FN4O10P2. The third-order valence-corrected chi connectivity index (χ3v) is 5.65. The second-order valence-electron chi connectivity index (χ2n) is 7.12. The number of halogens is 1. The Hall–Kier alpha value is -2.19. The van der Waals surface area contributed by atoms with Crippen molar-refractivity contribution in [2.45, 2.75) is 31.0 Å². The summed E-state index contributed by atoms with van der Waals surface area (Å²) in [5.41, 5.74) is 12.0.